The number of carbonyl (C=O) groups is 1. The molecule has 0 aliphatic carbocycles. The molecule has 0 saturated carbocycles. The van der Waals surface area contributed by atoms with Crippen LogP contribution in [0.1, 0.15) is 42.3 Å². The van der Waals surface area contributed by atoms with E-state index >= 15 is 0 Å². The lowest BCUT2D eigenvalue weighted by Gasteiger charge is -2.36. The lowest BCUT2D eigenvalue weighted by Crippen LogP contribution is -2.39. The van der Waals surface area contributed by atoms with Crippen LogP contribution in [0.2, 0.25) is 0 Å². The molecule has 0 bridgehead atoms. The topological polar surface area (TPSA) is 23.6 Å². The Hall–Kier alpha value is -2.39. The predicted octanol–water partition coefficient (Wildman–Crippen LogP) is 4.80. The number of benzene rings is 2. The van der Waals surface area contributed by atoms with Crippen molar-refractivity contribution >= 4 is 17.7 Å². The van der Waals surface area contributed by atoms with Crippen molar-refractivity contribution in [3.63, 3.8) is 0 Å². The monoisotopic (exact) mass is 322 g/mol. The minimum Gasteiger partial charge on any atom is -0.298 e. The predicted molar refractivity (Wildman–Crippen MR) is 102 cm³/mol. The van der Waals surface area contributed by atoms with E-state index in [2.05, 4.69) is 61.3 Å². The van der Waals surface area contributed by atoms with Crippen molar-refractivity contribution in [1.82, 2.24) is 5.01 Å². The molecule has 2 aromatic rings. The van der Waals surface area contributed by atoms with Crippen molar-refractivity contribution in [3.8, 4) is 0 Å². The van der Waals surface area contributed by atoms with Crippen molar-refractivity contribution < 1.29 is 4.79 Å². The maximum atomic E-state index is 10.9. The summed E-state index contributed by atoms with van der Waals surface area (Å²) in [6, 6.07) is 16.2. The largest absolute Gasteiger partial charge is 0.298 e. The minimum atomic E-state index is 0.693. The van der Waals surface area contributed by atoms with Crippen LogP contribution < -0.4 is 5.01 Å². The van der Waals surface area contributed by atoms with Crippen LogP contribution in [0.25, 0.3) is 5.70 Å². The highest BCUT2D eigenvalue weighted by molar-refractivity contribution is 5.81. The first-order valence-electron chi connectivity index (χ1n) is 8.47. The summed E-state index contributed by atoms with van der Waals surface area (Å²) in [4.78, 5) is 10.9. The number of hydrogen-bond acceptors (Lipinski definition) is 3. The Labute approximate surface area is 145 Å². The van der Waals surface area contributed by atoms with E-state index in [1.165, 1.54) is 11.3 Å². The molecule has 0 heterocycles. The summed E-state index contributed by atoms with van der Waals surface area (Å²) < 4.78 is 0. The summed E-state index contributed by atoms with van der Waals surface area (Å²) in [7, 11) is 2.09. The van der Waals surface area contributed by atoms with Crippen molar-refractivity contribution in [1.29, 1.82) is 0 Å². The molecule has 0 saturated heterocycles. The quantitative estimate of drug-likeness (QED) is 0.540. The van der Waals surface area contributed by atoms with Gasteiger partial charge < -0.3 is 0 Å². The Balaban J connectivity index is 2.54. The summed E-state index contributed by atoms with van der Waals surface area (Å²) in [5.41, 5.74) is 5.39. The fourth-order valence-corrected chi connectivity index (χ4v) is 2.80. The minimum absolute atomic E-state index is 0.693. The van der Waals surface area contributed by atoms with Gasteiger partial charge in [-0.3, -0.25) is 9.80 Å². The number of rotatable bonds is 7. The molecule has 24 heavy (non-hydrogen) atoms. The van der Waals surface area contributed by atoms with Crippen LogP contribution >= 0.6 is 0 Å². The van der Waals surface area contributed by atoms with Crippen LogP contribution in [0.5, 0.6) is 0 Å². The van der Waals surface area contributed by atoms with Gasteiger partial charge >= 0.3 is 0 Å². The number of aryl methyl sites for hydroxylation is 1. The summed E-state index contributed by atoms with van der Waals surface area (Å²) in [6.45, 7) is 7.26. The number of hydrazine groups is 1. The third-order valence-corrected chi connectivity index (χ3v) is 4.24. The van der Waals surface area contributed by atoms with Crippen LogP contribution in [0.15, 0.2) is 54.6 Å². The standard InChI is InChI=1S/C21H26N2O/c1-5-18-10-8-9-11-21(18)23(22(4)7-3)20(6-2)19-14-12-17(16-24)13-15-19/h6,8-16H,5,7H2,1-4H3/b20-6-. The average Bonchev–Trinajstić information content (AvgIpc) is 2.65. The van der Waals surface area contributed by atoms with Gasteiger partial charge in [0.05, 0.1) is 11.4 Å². The normalized spacial score (nSPS) is 11.6. The first kappa shape index (κ1) is 18.0. The Morgan fingerprint density at radius 1 is 1.04 bits per heavy atom. The Bertz CT molecular complexity index is 704. The lowest BCUT2D eigenvalue weighted by molar-refractivity contribution is 0.112. The van der Waals surface area contributed by atoms with Gasteiger partial charge in [0.2, 0.25) is 0 Å². The molecular formula is C21H26N2O. The molecule has 0 spiro atoms. The van der Waals surface area contributed by atoms with Crippen molar-refractivity contribution in [2.24, 2.45) is 0 Å². The summed E-state index contributed by atoms with van der Waals surface area (Å²) in [5.74, 6) is 0. The van der Waals surface area contributed by atoms with E-state index in [4.69, 9.17) is 0 Å². The molecule has 2 rings (SSSR count). The maximum Gasteiger partial charge on any atom is 0.150 e. The Morgan fingerprint density at radius 3 is 2.25 bits per heavy atom. The second-order valence-corrected chi connectivity index (χ2v) is 5.68. The smallest absolute Gasteiger partial charge is 0.150 e. The van der Waals surface area contributed by atoms with Gasteiger partial charge in [0, 0.05) is 19.2 Å². The lowest BCUT2D eigenvalue weighted by atomic mass is 10.1. The van der Waals surface area contributed by atoms with E-state index in [1.807, 2.05) is 31.2 Å². The van der Waals surface area contributed by atoms with Crippen molar-refractivity contribution in [2.75, 3.05) is 18.6 Å². The molecule has 0 unspecified atom stereocenters. The molecule has 0 N–H and O–H groups in total. The van der Waals surface area contributed by atoms with Gasteiger partial charge in [-0.25, -0.2) is 5.01 Å². The zero-order valence-corrected chi connectivity index (χ0v) is 15.0. The number of para-hydroxylation sites is 1. The van der Waals surface area contributed by atoms with Gasteiger partial charge in [-0.1, -0.05) is 62.4 Å². The molecule has 3 nitrogen and oxygen atoms in total. The molecular weight excluding hydrogens is 296 g/mol. The van der Waals surface area contributed by atoms with Crippen LogP contribution in [-0.4, -0.2) is 24.9 Å². The van der Waals surface area contributed by atoms with Crippen LogP contribution in [0.4, 0.5) is 5.69 Å². The highest BCUT2D eigenvalue weighted by atomic mass is 16.1. The molecule has 3 heteroatoms. The Morgan fingerprint density at radius 2 is 1.71 bits per heavy atom. The maximum absolute atomic E-state index is 10.9. The molecule has 0 amide bonds. The van der Waals surface area contributed by atoms with Crippen LogP contribution in [0.3, 0.4) is 0 Å². The SMILES string of the molecule is C/C=C(/c1ccc(C=O)cc1)N(c1ccccc1CC)N(C)CC. The second-order valence-electron chi connectivity index (χ2n) is 5.68. The highest BCUT2D eigenvalue weighted by Gasteiger charge is 2.19. The number of allylic oxidation sites excluding steroid dienone is 1. The second kappa shape index (κ2) is 8.46. The van der Waals surface area contributed by atoms with E-state index in [0.29, 0.717) is 5.56 Å². The zero-order valence-electron chi connectivity index (χ0n) is 15.0. The van der Waals surface area contributed by atoms with Crippen molar-refractivity contribution in [2.45, 2.75) is 27.2 Å². The molecule has 126 valence electrons. The van der Waals surface area contributed by atoms with Gasteiger partial charge in [-0.05, 0) is 30.5 Å². The third kappa shape index (κ3) is 3.74. The first-order chi connectivity index (χ1) is 11.7. The van der Waals surface area contributed by atoms with E-state index in [0.717, 1.165) is 30.5 Å². The number of carbonyl (C=O) groups excluding carboxylic acids is 1. The van der Waals surface area contributed by atoms with E-state index < -0.39 is 0 Å². The highest BCUT2D eigenvalue weighted by Crippen LogP contribution is 2.31. The van der Waals surface area contributed by atoms with Crippen LogP contribution in [0, 0.1) is 0 Å². The summed E-state index contributed by atoms with van der Waals surface area (Å²) >= 11 is 0. The van der Waals surface area contributed by atoms with Crippen molar-refractivity contribution in [3.05, 3.63) is 71.3 Å². The fourth-order valence-electron chi connectivity index (χ4n) is 2.80. The van der Waals surface area contributed by atoms with E-state index in [-0.39, 0.29) is 0 Å². The molecule has 0 aliphatic rings. The van der Waals surface area contributed by atoms with Crippen LogP contribution in [-0.2, 0) is 6.42 Å². The molecule has 0 atom stereocenters. The van der Waals surface area contributed by atoms with Gasteiger partial charge in [0.25, 0.3) is 0 Å². The summed E-state index contributed by atoms with van der Waals surface area (Å²) in [5, 5.41) is 4.46. The molecule has 0 fully saturated rings. The third-order valence-electron chi connectivity index (χ3n) is 4.24. The average molecular weight is 322 g/mol. The van der Waals surface area contributed by atoms with Gasteiger partial charge in [-0.15, -0.1) is 0 Å². The Kier molecular flexibility index (Phi) is 6.33. The summed E-state index contributed by atoms with van der Waals surface area (Å²) in [6.07, 6.45) is 3.97. The molecule has 2 aromatic carbocycles. The van der Waals surface area contributed by atoms with Gasteiger partial charge in [0.1, 0.15) is 6.29 Å². The fraction of sp³-hybridized carbons (Fsp3) is 0.286. The first-order valence-corrected chi connectivity index (χ1v) is 8.47. The van der Waals surface area contributed by atoms with Gasteiger partial charge in [-0.2, -0.15) is 0 Å². The van der Waals surface area contributed by atoms with Gasteiger partial charge in [0.15, 0.2) is 0 Å². The van der Waals surface area contributed by atoms with E-state index in [9.17, 15) is 4.79 Å². The molecule has 0 aromatic heterocycles. The number of aldehydes is 1. The molecule has 0 radical (unpaired) electrons. The number of nitrogens with zero attached hydrogens (tertiary/aromatic N) is 2. The number of hydrogen-bond donors (Lipinski definition) is 0. The molecule has 0 aliphatic heterocycles. The number of anilines is 1. The zero-order chi connectivity index (χ0) is 17.5. The van der Waals surface area contributed by atoms with E-state index in [1.54, 1.807) is 0 Å².